The summed E-state index contributed by atoms with van der Waals surface area (Å²) in [6.07, 6.45) is 4.05. The molecule has 0 aromatic rings. The lowest BCUT2D eigenvalue weighted by atomic mass is 9.88. The number of nitrogens with two attached hydrogens (primary N) is 1. The number of rotatable bonds is 5. The average molecular weight is 244 g/mol. The Morgan fingerprint density at radius 3 is 2.81 bits per heavy atom. The summed E-state index contributed by atoms with van der Waals surface area (Å²) in [5.41, 5.74) is 5.65. The molecule has 1 aliphatic heterocycles. The molecule has 1 atom stereocenters. The molecule has 0 saturated carbocycles. The second-order valence-electron chi connectivity index (χ2n) is 5.45. The first-order chi connectivity index (χ1) is 7.42. The van der Waals surface area contributed by atoms with E-state index >= 15 is 0 Å². The van der Waals surface area contributed by atoms with E-state index in [1.807, 2.05) is 0 Å². The summed E-state index contributed by atoms with van der Waals surface area (Å²) in [4.78, 5) is 2.94. The fourth-order valence-electron chi connectivity index (χ4n) is 2.10. The molecule has 0 aromatic heterocycles. The fraction of sp³-hybridized carbons (Fsp3) is 0.917. The Labute approximate surface area is 104 Å². The van der Waals surface area contributed by atoms with Gasteiger partial charge in [-0.15, -0.1) is 0 Å². The van der Waals surface area contributed by atoms with E-state index in [9.17, 15) is 5.11 Å². The van der Waals surface area contributed by atoms with Crippen molar-refractivity contribution in [2.45, 2.75) is 45.6 Å². The third-order valence-electron chi connectivity index (χ3n) is 3.42. The van der Waals surface area contributed by atoms with E-state index in [-0.39, 0.29) is 11.5 Å². The molecule has 0 aliphatic carbocycles. The summed E-state index contributed by atoms with van der Waals surface area (Å²) in [5, 5.41) is 9.54. The Morgan fingerprint density at radius 2 is 2.25 bits per heavy atom. The van der Waals surface area contributed by atoms with Crippen LogP contribution in [0.3, 0.4) is 0 Å². The number of hydrogen-bond acceptors (Lipinski definition) is 3. The van der Waals surface area contributed by atoms with E-state index in [0.717, 1.165) is 45.3 Å². The number of likely N-dealkylation sites (tertiary alicyclic amines) is 1. The first-order valence-corrected chi connectivity index (χ1v) is 6.53. The van der Waals surface area contributed by atoms with Crippen molar-refractivity contribution in [1.82, 2.24) is 4.90 Å². The predicted octanol–water partition coefficient (Wildman–Crippen LogP) is 1.54. The molecule has 16 heavy (non-hydrogen) atoms. The van der Waals surface area contributed by atoms with Crippen molar-refractivity contribution in [3.05, 3.63) is 0 Å². The van der Waals surface area contributed by atoms with Crippen LogP contribution in [-0.4, -0.2) is 40.7 Å². The van der Waals surface area contributed by atoms with Gasteiger partial charge < -0.3 is 15.7 Å². The van der Waals surface area contributed by atoms with Crippen molar-refractivity contribution < 1.29 is 5.11 Å². The van der Waals surface area contributed by atoms with Crippen molar-refractivity contribution in [3.63, 3.8) is 0 Å². The molecule has 0 spiro atoms. The van der Waals surface area contributed by atoms with E-state index in [1.54, 1.807) is 0 Å². The topological polar surface area (TPSA) is 49.5 Å². The minimum Gasteiger partial charge on any atom is -0.393 e. The van der Waals surface area contributed by atoms with Crippen molar-refractivity contribution in [3.8, 4) is 0 Å². The van der Waals surface area contributed by atoms with Crippen molar-refractivity contribution in [2.24, 2.45) is 11.1 Å². The highest BCUT2D eigenvalue weighted by molar-refractivity contribution is 7.80. The molecule has 1 unspecified atom stereocenters. The largest absolute Gasteiger partial charge is 0.393 e. The highest BCUT2D eigenvalue weighted by Gasteiger charge is 2.22. The molecule has 94 valence electrons. The van der Waals surface area contributed by atoms with Crippen LogP contribution in [0.4, 0.5) is 0 Å². The van der Waals surface area contributed by atoms with Crippen LogP contribution in [0.1, 0.15) is 39.5 Å². The van der Waals surface area contributed by atoms with Gasteiger partial charge in [0.2, 0.25) is 0 Å². The fourth-order valence-corrected chi connectivity index (χ4v) is 2.20. The molecule has 0 amide bonds. The maximum Gasteiger partial charge on any atom is 0.0784 e. The van der Waals surface area contributed by atoms with Crippen LogP contribution in [0.2, 0.25) is 0 Å². The zero-order valence-corrected chi connectivity index (χ0v) is 11.2. The highest BCUT2D eigenvalue weighted by Crippen LogP contribution is 2.23. The van der Waals surface area contributed by atoms with Gasteiger partial charge in [0.05, 0.1) is 11.1 Å². The molecular formula is C12H24N2OS. The van der Waals surface area contributed by atoms with E-state index in [0.29, 0.717) is 4.99 Å². The van der Waals surface area contributed by atoms with Gasteiger partial charge in [-0.3, -0.25) is 0 Å². The molecule has 0 bridgehead atoms. The lowest BCUT2D eigenvalue weighted by Gasteiger charge is -2.31. The Balaban J connectivity index is 2.22. The van der Waals surface area contributed by atoms with Crippen LogP contribution in [0.25, 0.3) is 0 Å². The predicted molar refractivity (Wildman–Crippen MR) is 71.5 cm³/mol. The minimum atomic E-state index is -0.127. The second-order valence-corrected chi connectivity index (χ2v) is 5.89. The average Bonchev–Trinajstić information content (AvgIpc) is 2.17. The minimum absolute atomic E-state index is 0.0380. The van der Waals surface area contributed by atoms with Gasteiger partial charge in [0.25, 0.3) is 0 Å². The van der Waals surface area contributed by atoms with E-state index in [4.69, 9.17) is 18.0 Å². The molecule has 1 saturated heterocycles. The van der Waals surface area contributed by atoms with Crippen molar-refractivity contribution in [2.75, 3.05) is 19.6 Å². The number of nitrogens with zero attached hydrogens (tertiary/aromatic N) is 1. The summed E-state index contributed by atoms with van der Waals surface area (Å²) in [5.74, 6) is 0. The molecule has 1 rings (SSSR count). The number of aliphatic hydroxyl groups excluding tert-OH is 1. The van der Waals surface area contributed by atoms with Crippen LogP contribution in [-0.2, 0) is 0 Å². The molecule has 0 radical (unpaired) electrons. The quantitative estimate of drug-likeness (QED) is 0.720. The first-order valence-electron chi connectivity index (χ1n) is 6.12. The number of thiocarbonyl (C=S) groups is 1. The molecule has 4 heteroatoms. The van der Waals surface area contributed by atoms with Crippen LogP contribution >= 0.6 is 12.2 Å². The Bertz CT molecular complexity index is 243. The number of β-amino-alcohol motifs (C(OH)–C–C–N with tert-alkyl or cyclic N) is 1. The van der Waals surface area contributed by atoms with Gasteiger partial charge in [-0.2, -0.15) is 0 Å². The summed E-state index contributed by atoms with van der Waals surface area (Å²) in [6, 6.07) is 0. The third kappa shape index (κ3) is 4.36. The molecule has 1 heterocycles. The molecular weight excluding hydrogens is 220 g/mol. The van der Waals surface area contributed by atoms with Crippen molar-refractivity contribution in [1.29, 1.82) is 0 Å². The lowest BCUT2D eigenvalue weighted by molar-refractivity contribution is 0.0690. The maximum atomic E-state index is 9.54. The SMILES string of the molecule is CC(C)(CCCN1CCCC(O)C1)C(N)=S. The van der Waals surface area contributed by atoms with Gasteiger partial charge in [-0.05, 0) is 38.8 Å². The zero-order chi connectivity index (χ0) is 12.2. The van der Waals surface area contributed by atoms with Crippen LogP contribution in [0, 0.1) is 5.41 Å². The molecule has 1 aliphatic rings. The van der Waals surface area contributed by atoms with Gasteiger partial charge in [0.1, 0.15) is 0 Å². The number of hydrogen-bond donors (Lipinski definition) is 2. The van der Waals surface area contributed by atoms with E-state index < -0.39 is 0 Å². The third-order valence-corrected chi connectivity index (χ3v) is 3.98. The van der Waals surface area contributed by atoms with E-state index in [1.165, 1.54) is 0 Å². The normalized spacial score (nSPS) is 23.3. The zero-order valence-electron chi connectivity index (χ0n) is 10.4. The molecule has 1 fully saturated rings. The monoisotopic (exact) mass is 244 g/mol. The lowest BCUT2D eigenvalue weighted by Crippen LogP contribution is -2.39. The molecule has 0 aromatic carbocycles. The summed E-state index contributed by atoms with van der Waals surface area (Å²) >= 11 is 5.04. The van der Waals surface area contributed by atoms with Gasteiger partial charge in [-0.25, -0.2) is 0 Å². The Morgan fingerprint density at radius 1 is 1.56 bits per heavy atom. The van der Waals surface area contributed by atoms with Crippen LogP contribution in [0.5, 0.6) is 0 Å². The van der Waals surface area contributed by atoms with Gasteiger partial charge in [-0.1, -0.05) is 26.1 Å². The van der Waals surface area contributed by atoms with Crippen LogP contribution in [0.15, 0.2) is 0 Å². The summed E-state index contributed by atoms with van der Waals surface area (Å²) < 4.78 is 0. The molecule has 3 N–H and O–H groups in total. The smallest absolute Gasteiger partial charge is 0.0784 e. The highest BCUT2D eigenvalue weighted by atomic mass is 32.1. The summed E-state index contributed by atoms with van der Waals surface area (Å²) in [6.45, 7) is 7.18. The number of piperidine rings is 1. The van der Waals surface area contributed by atoms with Gasteiger partial charge >= 0.3 is 0 Å². The van der Waals surface area contributed by atoms with Gasteiger partial charge in [0, 0.05) is 12.0 Å². The Hall–Kier alpha value is -0.190. The molecule has 3 nitrogen and oxygen atoms in total. The summed E-state index contributed by atoms with van der Waals surface area (Å²) in [7, 11) is 0. The second kappa shape index (κ2) is 5.94. The van der Waals surface area contributed by atoms with Crippen molar-refractivity contribution >= 4 is 17.2 Å². The van der Waals surface area contributed by atoms with Crippen LogP contribution < -0.4 is 5.73 Å². The standard InChI is InChI=1S/C12H24N2OS/c1-12(2,11(13)16)6-4-8-14-7-3-5-10(15)9-14/h10,15H,3-9H2,1-2H3,(H2,13,16). The van der Waals surface area contributed by atoms with Gasteiger partial charge in [0.15, 0.2) is 0 Å². The Kier molecular flexibility index (Phi) is 5.15. The first kappa shape index (κ1) is 13.9. The maximum absolute atomic E-state index is 9.54. The number of aliphatic hydroxyl groups is 1. The van der Waals surface area contributed by atoms with E-state index in [2.05, 4.69) is 18.7 Å².